The molecule has 0 spiro atoms. The smallest absolute Gasteiger partial charge is 0.312 e. The summed E-state index contributed by atoms with van der Waals surface area (Å²) < 4.78 is 21.2. The second-order valence-corrected chi connectivity index (χ2v) is 5.65. The summed E-state index contributed by atoms with van der Waals surface area (Å²) in [6, 6.07) is 7.17. The molecule has 1 aromatic carbocycles. The summed E-state index contributed by atoms with van der Waals surface area (Å²) in [4.78, 5) is 12.0. The molecule has 3 aromatic rings. The number of anilines is 2. The molecule has 0 amide bonds. The molecule has 1 N–H and O–H groups in total. The number of nitrogens with zero attached hydrogens (tertiary/aromatic N) is 4. The van der Waals surface area contributed by atoms with Crippen molar-refractivity contribution in [3.8, 4) is 0 Å². The zero-order valence-corrected chi connectivity index (χ0v) is 12.8. The van der Waals surface area contributed by atoms with E-state index in [0.29, 0.717) is 28.5 Å². The summed E-state index contributed by atoms with van der Waals surface area (Å²) in [6.07, 6.45) is 2.42. The molecule has 6 nitrogen and oxygen atoms in total. The molecule has 118 valence electrons. The van der Waals surface area contributed by atoms with Gasteiger partial charge in [-0.15, -0.1) is 0 Å². The van der Waals surface area contributed by atoms with E-state index in [1.165, 1.54) is 0 Å². The van der Waals surface area contributed by atoms with E-state index in [2.05, 4.69) is 20.3 Å². The lowest BCUT2D eigenvalue weighted by Crippen LogP contribution is -2.08. The largest absolute Gasteiger partial charge is 0.358 e. The average molecular weight is 334 g/mol. The van der Waals surface area contributed by atoms with Gasteiger partial charge in [0.25, 0.3) is 0 Å². The third kappa shape index (κ3) is 2.62. The number of para-hydroxylation sites is 1. The Morgan fingerprint density at radius 2 is 2.17 bits per heavy atom. The van der Waals surface area contributed by atoms with Gasteiger partial charge in [-0.25, -0.2) is 4.98 Å². The molecule has 1 aliphatic heterocycles. The van der Waals surface area contributed by atoms with Crippen molar-refractivity contribution >= 4 is 34.3 Å². The van der Waals surface area contributed by atoms with Gasteiger partial charge in [-0.3, -0.25) is 4.57 Å². The highest BCUT2D eigenvalue weighted by Gasteiger charge is 2.22. The second kappa shape index (κ2) is 5.75. The monoisotopic (exact) mass is 333 g/mol. The lowest BCUT2D eigenvalue weighted by Gasteiger charge is -2.12. The van der Waals surface area contributed by atoms with Crippen molar-refractivity contribution < 1.29 is 9.13 Å². The van der Waals surface area contributed by atoms with E-state index in [-0.39, 0.29) is 12.0 Å². The van der Waals surface area contributed by atoms with Crippen LogP contribution in [0.1, 0.15) is 19.1 Å². The molecule has 0 aliphatic carbocycles. The van der Waals surface area contributed by atoms with Gasteiger partial charge in [0.05, 0.1) is 17.0 Å². The molecule has 0 radical (unpaired) electrons. The summed E-state index contributed by atoms with van der Waals surface area (Å²) in [6.45, 7) is 0.683. The maximum atomic E-state index is 13.9. The molecular weight excluding hydrogens is 321 g/mol. The Morgan fingerprint density at radius 1 is 1.30 bits per heavy atom. The van der Waals surface area contributed by atoms with Crippen LogP contribution in [0, 0.1) is 6.08 Å². The maximum Gasteiger partial charge on any atom is 0.312 e. The molecule has 2 aromatic heterocycles. The van der Waals surface area contributed by atoms with Crippen LogP contribution in [0.4, 0.5) is 15.9 Å². The van der Waals surface area contributed by atoms with Crippen molar-refractivity contribution in [1.29, 1.82) is 0 Å². The van der Waals surface area contributed by atoms with Gasteiger partial charge >= 0.3 is 6.08 Å². The van der Waals surface area contributed by atoms with Crippen molar-refractivity contribution in [2.75, 3.05) is 11.9 Å². The zero-order chi connectivity index (χ0) is 15.8. The van der Waals surface area contributed by atoms with Crippen LogP contribution in [0.5, 0.6) is 0 Å². The van der Waals surface area contributed by atoms with Gasteiger partial charge < -0.3 is 10.1 Å². The first-order valence-electron chi connectivity index (χ1n) is 7.25. The Labute approximate surface area is 136 Å². The quantitative estimate of drug-likeness (QED) is 0.741. The first-order chi connectivity index (χ1) is 11.2. The summed E-state index contributed by atoms with van der Waals surface area (Å²) in [5.74, 6) is 0.275. The van der Waals surface area contributed by atoms with Gasteiger partial charge in [0.2, 0.25) is 0 Å². The lowest BCUT2D eigenvalue weighted by molar-refractivity contribution is 0.0592. The topological polar surface area (TPSA) is 64.9 Å². The summed E-state index contributed by atoms with van der Waals surface area (Å²) in [5, 5.41) is 3.53. The number of aromatic nitrogens is 4. The number of benzene rings is 1. The van der Waals surface area contributed by atoms with Gasteiger partial charge in [0.1, 0.15) is 6.23 Å². The van der Waals surface area contributed by atoms with E-state index in [1.807, 2.05) is 12.1 Å². The first kappa shape index (κ1) is 14.3. The van der Waals surface area contributed by atoms with Crippen molar-refractivity contribution in [1.82, 2.24) is 19.5 Å². The fourth-order valence-corrected chi connectivity index (χ4v) is 2.84. The average Bonchev–Trinajstić information content (AvgIpc) is 3.18. The SMILES string of the molecule is Fc1nc(Nc2ccccc2Cl)c2ncn(C3CCCO3)c2n1. The van der Waals surface area contributed by atoms with E-state index >= 15 is 0 Å². The third-order valence-corrected chi connectivity index (χ3v) is 4.07. The summed E-state index contributed by atoms with van der Waals surface area (Å²) >= 11 is 6.13. The Kier molecular flexibility index (Phi) is 3.59. The molecule has 1 fully saturated rings. The normalized spacial score (nSPS) is 17.7. The highest BCUT2D eigenvalue weighted by atomic mass is 35.5. The number of hydrogen-bond acceptors (Lipinski definition) is 5. The molecule has 1 atom stereocenters. The number of halogens is 2. The van der Waals surface area contributed by atoms with Gasteiger partial charge in [-0.05, 0) is 25.0 Å². The van der Waals surface area contributed by atoms with Crippen LogP contribution in [0.2, 0.25) is 5.02 Å². The Hall–Kier alpha value is -2.25. The fraction of sp³-hybridized carbons (Fsp3) is 0.267. The first-order valence-corrected chi connectivity index (χ1v) is 7.63. The van der Waals surface area contributed by atoms with E-state index in [0.717, 1.165) is 12.8 Å². The molecule has 3 heterocycles. The molecule has 0 bridgehead atoms. The van der Waals surface area contributed by atoms with E-state index in [4.69, 9.17) is 16.3 Å². The minimum atomic E-state index is -0.827. The number of ether oxygens (including phenoxy) is 1. The molecule has 1 aliphatic rings. The van der Waals surface area contributed by atoms with E-state index < -0.39 is 6.08 Å². The Balaban J connectivity index is 1.79. The highest BCUT2D eigenvalue weighted by Crippen LogP contribution is 2.30. The summed E-state index contributed by atoms with van der Waals surface area (Å²) in [5.41, 5.74) is 1.50. The van der Waals surface area contributed by atoms with Gasteiger partial charge in [-0.1, -0.05) is 23.7 Å². The van der Waals surface area contributed by atoms with Crippen LogP contribution < -0.4 is 5.32 Å². The predicted octanol–water partition coefficient (Wildman–Crippen LogP) is 3.67. The standard InChI is InChI=1S/C15H13ClFN5O/c16-9-4-1-2-5-10(9)19-13-12-14(21-15(17)20-13)22(8-18-12)11-6-3-7-23-11/h1-2,4-5,8,11H,3,6-7H2,(H,19,20,21). The van der Waals surface area contributed by atoms with E-state index in [1.54, 1.807) is 23.0 Å². The van der Waals surface area contributed by atoms with Crippen molar-refractivity contribution in [3.63, 3.8) is 0 Å². The Bertz CT molecular complexity index is 862. The minimum absolute atomic E-state index is 0.164. The van der Waals surface area contributed by atoms with Crippen LogP contribution >= 0.6 is 11.6 Å². The predicted molar refractivity (Wildman–Crippen MR) is 84.2 cm³/mol. The van der Waals surface area contributed by atoms with Crippen LogP contribution in [0.25, 0.3) is 11.2 Å². The van der Waals surface area contributed by atoms with Crippen molar-refractivity contribution in [3.05, 3.63) is 41.7 Å². The minimum Gasteiger partial charge on any atom is -0.358 e. The van der Waals surface area contributed by atoms with Crippen LogP contribution in [-0.4, -0.2) is 26.1 Å². The highest BCUT2D eigenvalue weighted by molar-refractivity contribution is 6.33. The fourth-order valence-electron chi connectivity index (χ4n) is 2.66. The second-order valence-electron chi connectivity index (χ2n) is 5.24. The molecule has 8 heteroatoms. The molecular formula is C15H13ClFN5O. The molecule has 4 rings (SSSR count). The summed E-state index contributed by atoms with van der Waals surface area (Å²) in [7, 11) is 0. The van der Waals surface area contributed by atoms with Crippen molar-refractivity contribution in [2.24, 2.45) is 0 Å². The van der Waals surface area contributed by atoms with Crippen LogP contribution in [-0.2, 0) is 4.74 Å². The molecule has 23 heavy (non-hydrogen) atoms. The van der Waals surface area contributed by atoms with Crippen molar-refractivity contribution in [2.45, 2.75) is 19.1 Å². The van der Waals surface area contributed by atoms with Gasteiger partial charge in [-0.2, -0.15) is 14.4 Å². The molecule has 1 unspecified atom stereocenters. The maximum absolute atomic E-state index is 13.9. The van der Waals surface area contributed by atoms with Crippen LogP contribution in [0.3, 0.4) is 0 Å². The number of nitrogens with one attached hydrogen (secondary N) is 1. The molecule has 0 saturated carbocycles. The Morgan fingerprint density at radius 3 is 2.96 bits per heavy atom. The number of hydrogen-bond donors (Lipinski definition) is 1. The number of imidazole rings is 1. The molecule has 1 saturated heterocycles. The lowest BCUT2D eigenvalue weighted by atomic mass is 10.3. The van der Waals surface area contributed by atoms with Gasteiger partial charge in [0.15, 0.2) is 17.0 Å². The number of fused-ring (bicyclic) bond motifs is 1. The number of rotatable bonds is 3. The zero-order valence-electron chi connectivity index (χ0n) is 12.0. The van der Waals surface area contributed by atoms with Gasteiger partial charge in [0, 0.05) is 6.61 Å². The third-order valence-electron chi connectivity index (χ3n) is 3.74. The van der Waals surface area contributed by atoms with E-state index in [9.17, 15) is 4.39 Å². The van der Waals surface area contributed by atoms with Crippen LogP contribution in [0.15, 0.2) is 30.6 Å².